The molecule has 0 radical (unpaired) electrons. The van der Waals surface area contributed by atoms with Crippen molar-refractivity contribution in [1.82, 2.24) is 9.88 Å². The van der Waals surface area contributed by atoms with Crippen molar-refractivity contribution < 1.29 is 9.53 Å². The number of ether oxygens (including phenoxy) is 1. The lowest BCUT2D eigenvalue weighted by Gasteiger charge is -2.36. The summed E-state index contributed by atoms with van der Waals surface area (Å²) >= 11 is 0. The molecule has 23 heavy (non-hydrogen) atoms. The van der Waals surface area contributed by atoms with Crippen LogP contribution < -0.4 is 5.73 Å². The molecule has 0 saturated carbocycles. The van der Waals surface area contributed by atoms with Crippen LogP contribution >= 0.6 is 0 Å². The monoisotopic (exact) mass is 311 g/mol. The third-order valence-electron chi connectivity index (χ3n) is 5.30. The average molecular weight is 311 g/mol. The van der Waals surface area contributed by atoms with E-state index in [9.17, 15) is 4.79 Å². The largest absolute Gasteiger partial charge is 0.381 e. The van der Waals surface area contributed by atoms with Crippen LogP contribution in [0.25, 0.3) is 10.9 Å². The van der Waals surface area contributed by atoms with Crippen molar-refractivity contribution in [3.05, 3.63) is 42.1 Å². The molecule has 1 atom stereocenters. The predicted octanol–water partition coefficient (Wildman–Crippen LogP) is 1.81. The first-order valence-corrected chi connectivity index (χ1v) is 8.16. The van der Waals surface area contributed by atoms with Crippen LogP contribution in [0, 0.1) is 5.41 Å². The fraction of sp³-hybridized carbons (Fsp3) is 0.444. The molecule has 5 nitrogen and oxygen atoms in total. The molecule has 0 aliphatic carbocycles. The molecule has 5 heteroatoms. The Morgan fingerprint density at radius 3 is 2.83 bits per heavy atom. The predicted molar refractivity (Wildman–Crippen MR) is 88.1 cm³/mol. The van der Waals surface area contributed by atoms with Gasteiger partial charge in [0.25, 0.3) is 5.91 Å². The van der Waals surface area contributed by atoms with Crippen molar-refractivity contribution in [2.75, 3.05) is 26.3 Å². The van der Waals surface area contributed by atoms with E-state index in [-0.39, 0.29) is 17.4 Å². The number of fused-ring (bicyclic) bond motifs is 1. The second-order valence-electron chi connectivity index (χ2n) is 6.66. The Labute approximate surface area is 135 Å². The smallest absolute Gasteiger partial charge is 0.272 e. The number of nitrogens with zero attached hydrogens (tertiary/aromatic N) is 2. The van der Waals surface area contributed by atoms with Crippen molar-refractivity contribution >= 4 is 16.8 Å². The maximum atomic E-state index is 12.8. The summed E-state index contributed by atoms with van der Waals surface area (Å²) in [5.41, 5.74) is 7.74. The molecule has 2 saturated heterocycles. The molecule has 1 aromatic heterocycles. The number of para-hydroxylation sites is 1. The summed E-state index contributed by atoms with van der Waals surface area (Å²) in [5, 5.41) is 1.04. The van der Waals surface area contributed by atoms with Crippen molar-refractivity contribution in [3.63, 3.8) is 0 Å². The topological polar surface area (TPSA) is 68.5 Å². The van der Waals surface area contributed by atoms with E-state index >= 15 is 0 Å². The number of carbonyl (C=O) groups excluding carboxylic acids is 1. The summed E-state index contributed by atoms with van der Waals surface area (Å²) in [6.45, 7) is 2.80. The molecule has 1 unspecified atom stereocenters. The zero-order valence-corrected chi connectivity index (χ0v) is 13.1. The normalized spacial score (nSPS) is 23.5. The van der Waals surface area contributed by atoms with E-state index < -0.39 is 0 Å². The number of amides is 1. The molecule has 3 heterocycles. The summed E-state index contributed by atoms with van der Waals surface area (Å²) in [5.74, 6) is -0.0189. The molecular formula is C18H21N3O2. The van der Waals surface area contributed by atoms with E-state index in [4.69, 9.17) is 10.5 Å². The number of benzene rings is 1. The summed E-state index contributed by atoms with van der Waals surface area (Å²) in [7, 11) is 0. The van der Waals surface area contributed by atoms with Gasteiger partial charge in [0.1, 0.15) is 5.69 Å². The molecule has 1 amide bonds. The van der Waals surface area contributed by atoms with Crippen molar-refractivity contribution in [1.29, 1.82) is 0 Å². The molecule has 0 bridgehead atoms. The number of nitrogens with two attached hydrogens (primary N) is 1. The van der Waals surface area contributed by atoms with Gasteiger partial charge < -0.3 is 15.4 Å². The number of carbonyl (C=O) groups is 1. The van der Waals surface area contributed by atoms with Gasteiger partial charge >= 0.3 is 0 Å². The standard InChI is InChI=1S/C18H21N3O2/c19-16-11-21(12-18(16)7-9-23-10-8-18)17(22)15-6-5-13-3-1-2-4-14(13)20-15/h1-6,16H,7-12,19H2. The van der Waals surface area contributed by atoms with Gasteiger partial charge in [-0.25, -0.2) is 4.98 Å². The Hall–Kier alpha value is -1.98. The number of hydrogen-bond donors (Lipinski definition) is 1. The molecule has 2 N–H and O–H groups in total. The van der Waals surface area contributed by atoms with Gasteiger partial charge in [0.05, 0.1) is 5.52 Å². The Kier molecular flexibility index (Phi) is 3.54. The Bertz CT molecular complexity index is 740. The van der Waals surface area contributed by atoms with E-state index in [0.29, 0.717) is 18.8 Å². The van der Waals surface area contributed by atoms with Crippen LogP contribution in [0.5, 0.6) is 0 Å². The van der Waals surface area contributed by atoms with Gasteiger partial charge in [-0.15, -0.1) is 0 Å². The molecule has 2 aromatic rings. The van der Waals surface area contributed by atoms with Gasteiger partial charge in [0, 0.05) is 43.1 Å². The molecule has 2 fully saturated rings. The number of rotatable bonds is 1. The lowest BCUT2D eigenvalue weighted by Crippen LogP contribution is -2.44. The number of likely N-dealkylation sites (tertiary alicyclic amines) is 1. The summed E-state index contributed by atoms with van der Waals surface area (Å²) < 4.78 is 5.46. The van der Waals surface area contributed by atoms with Crippen molar-refractivity contribution in [2.24, 2.45) is 11.1 Å². The van der Waals surface area contributed by atoms with Crippen LogP contribution in [0.1, 0.15) is 23.3 Å². The van der Waals surface area contributed by atoms with Crippen LogP contribution in [0.15, 0.2) is 36.4 Å². The maximum absolute atomic E-state index is 12.8. The fourth-order valence-electron chi connectivity index (χ4n) is 3.80. The van der Waals surface area contributed by atoms with Gasteiger partial charge in [-0.05, 0) is 25.0 Å². The highest BCUT2D eigenvalue weighted by Crippen LogP contribution is 2.39. The van der Waals surface area contributed by atoms with Crippen LogP contribution in [0.3, 0.4) is 0 Å². The highest BCUT2D eigenvalue weighted by Gasteiger charge is 2.47. The van der Waals surface area contributed by atoms with Crippen LogP contribution in [-0.2, 0) is 4.74 Å². The van der Waals surface area contributed by atoms with E-state index in [2.05, 4.69) is 4.98 Å². The minimum atomic E-state index is -0.0189. The Morgan fingerprint density at radius 1 is 1.22 bits per heavy atom. The fourth-order valence-corrected chi connectivity index (χ4v) is 3.80. The van der Waals surface area contributed by atoms with Crippen LogP contribution in [-0.4, -0.2) is 48.1 Å². The minimum Gasteiger partial charge on any atom is -0.381 e. The Balaban J connectivity index is 1.58. The first-order chi connectivity index (χ1) is 11.2. The third-order valence-corrected chi connectivity index (χ3v) is 5.30. The van der Waals surface area contributed by atoms with Crippen LogP contribution in [0.2, 0.25) is 0 Å². The lowest BCUT2D eigenvalue weighted by atomic mass is 9.76. The second-order valence-corrected chi connectivity index (χ2v) is 6.66. The molecule has 1 aromatic carbocycles. The molecule has 2 aliphatic heterocycles. The molecule has 4 rings (SSSR count). The minimum absolute atomic E-state index is 0.0186. The molecular weight excluding hydrogens is 290 g/mol. The molecule has 2 aliphatic rings. The summed E-state index contributed by atoms with van der Waals surface area (Å²) in [4.78, 5) is 19.2. The number of aromatic nitrogens is 1. The van der Waals surface area contributed by atoms with Crippen molar-refractivity contribution in [3.8, 4) is 0 Å². The van der Waals surface area contributed by atoms with Crippen molar-refractivity contribution in [2.45, 2.75) is 18.9 Å². The maximum Gasteiger partial charge on any atom is 0.272 e. The SMILES string of the molecule is NC1CN(C(=O)c2ccc3ccccc3n2)CC12CCOCC2. The molecule has 1 spiro atoms. The zero-order valence-electron chi connectivity index (χ0n) is 13.1. The van der Waals surface area contributed by atoms with E-state index in [1.807, 2.05) is 41.3 Å². The van der Waals surface area contributed by atoms with Gasteiger partial charge in [-0.1, -0.05) is 24.3 Å². The highest BCUT2D eigenvalue weighted by atomic mass is 16.5. The van der Waals surface area contributed by atoms with E-state index in [0.717, 1.165) is 37.0 Å². The number of hydrogen-bond acceptors (Lipinski definition) is 4. The quantitative estimate of drug-likeness (QED) is 0.872. The highest BCUT2D eigenvalue weighted by molar-refractivity contribution is 5.95. The van der Waals surface area contributed by atoms with Crippen LogP contribution in [0.4, 0.5) is 0 Å². The first kappa shape index (κ1) is 14.6. The zero-order chi connectivity index (χ0) is 15.9. The number of pyridine rings is 1. The van der Waals surface area contributed by atoms with Gasteiger partial charge in [-0.3, -0.25) is 4.79 Å². The van der Waals surface area contributed by atoms with Gasteiger partial charge in [0.2, 0.25) is 0 Å². The van der Waals surface area contributed by atoms with Gasteiger partial charge in [0.15, 0.2) is 0 Å². The third kappa shape index (κ3) is 2.50. The van der Waals surface area contributed by atoms with E-state index in [1.165, 1.54) is 0 Å². The van der Waals surface area contributed by atoms with E-state index in [1.54, 1.807) is 0 Å². The Morgan fingerprint density at radius 2 is 2.00 bits per heavy atom. The average Bonchev–Trinajstić information content (AvgIpc) is 2.90. The first-order valence-electron chi connectivity index (χ1n) is 8.16. The summed E-state index contributed by atoms with van der Waals surface area (Å²) in [6.07, 6.45) is 1.87. The van der Waals surface area contributed by atoms with Gasteiger partial charge in [-0.2, -0.15) is 0 Å². The lowest BCUT2D eigenvalue weighted by molar-refractivity contribution is 0.0131. The second kappa shape index (κ2) is 5.58. The summed E-state index contributed by atoms with van der Waals surface area (Å²) in [6, 6.07) is 11.6. The molecule has 120 valence electrons.